The van der Waals surface area contributed by atoms with Crippen LogP contribution in [0.3, 0.4) is 0 Å². The summed E-state index contributed by atoms with van der Waals surface area (Å²) in [6, 6.07) is 28.3. The smallest absolute Gasteiger partial charge is 0.269 e. The Bertz CT molecular complexity index is 1830. The molecule has 0 saturated carbocycles. The number of sulfone groups is 1. The third-order valence-electron chi connectivity index (χ3n) is 6.89. The highest BCUT2D eigenvalue weighted by Gasteiger charge is 2.15. The van der Waals surface area contributed by atoms with Crippen molar-refractivity contribution >= 4 is 32.3 Å². The Labute approximate surface area is 232 Å². The zero-order valence-electron chi connectivity index (χ0n) is 21.9. The topological polar surface area (TPSA) is 111 Å². The van der Waals surface area contributed by atoms with Gasteiger partial charge in [0.25, 0.3) is 11.6 Å². The number of nitrogens with zero attached hydrogens (tertiary/aromatic N) is 2. The van der Waals surface area contributed by atoms with E-state index in [4.69, 9.17) is 0 Å². The number of nitrogens with one attached hydrogen (secondary N) is 1. The molecular formula is C31H27N3O5S. The van der Waals surface area contributed by atoms with Gasteiger partial charge in [0, 0.05) is 47.6 Å². The molecule has 0 saturated heterocycles. The second-order valence-electron chi connectivity index (χ2n) is 9.76. The van der Waals surface area contributed by atoms with Crippen LogP contribution >= 0.6 is 0 Å². The summed E-state index contributed by atoms with van der Waals surface area (Å²) in [6.45, 7) is 2.47. The molecule has 40 heavy (non-hydrogen) atoms. The number of nitro benzene ring substituents is 1. The van der Waals surface area contributed by atoms with E-state index in [1.54, 1.807) is 36.4 Å². The van der Waals surface area contributed by atoms with Crippen LogP contribution in [0.2, 0.25) is 0 Å². The van der Waals surface area contributed by atoms with Crippen LogP contribution < -0.4 is 5.32 Å². The van der Waals surface area contributed by atoms with Gasteiger partial charge in [-0.05, 0) is 65.6 Å². The van der Waals surface area contributed by atoms with E-state index >= 15 is 0 Å². The average molecular weight is 554 g/mol. The van der Waals surface area contributed by atoms with E-state index in [-0.39, 0.29) is 17.6 Å². The van der Waals surface area contributed by atoms with Gasteiger partial charge >= 0.3 is 0 Å². The largest absolute Gasteiger partial charge is 0.346 e. The summed E-state index contributed by atoms with van der Waals surface area (Å²) in [5.41, 5.74) is 5.16. The molecule has 1 aromatic heterocycles. The fourth-order valence-electron chi connectivity index (χ4n) is 4.63. The summed E-state index contributed by atoms with van der Waals surface area (Å²) in [6.07, 6.45) is 3.18. The molecule has 202 valence electrons. The number of carbonyl (C=O) groups excluding carboxylic acids is 1. The van der Waals surface area contributed by atoms with Crippen molar-refractivity contribution in [2.75, 3.05) is 6.26 Å². The van der Waals surface area contributed by atoms with Crippen molar-refractivity contribution in [3.8, 4) is 11.1 Å². The minimum atomic E-state index is -3.28. The predicted molar refractivity (Wildman–Crippen MR) is 155 cm³/mol. The molecule has 1 amide bonds. The Hall–Kier alpha value is -4.76. The molecule has 4 aromatic carbocycles. The van der Waals surface area contributed by atoms with E-state index in [1.165, 1.54) is 18.4 Å². The summed E-state index contributed by atoms with van der Waals surface area (Å²) in [7, 11) is -3.28. The molecule has 0 spiro atoms. The molecular weight excluding hydrogens is 526 g/mol. The molecule has 1 unspecified atom stereocenters. The lowest BCUT2D eigenvalue weighted by Gasteiger charge is -2.14. The van der Waals surface area contributed by atoms with Crippen molar-refractivity contribution in [1.29, 1.82) is 0 Å². The number of hydrogen-bond donors (Lipinski definition) is 1. The minimum Gasteiger partial charge on any atom is -0.346 e. The van der Waals surface area contributed by atoms with Gasteiger partial charge in [-0.1, -0.05) is 48.5 Å². The van der Waals surface area contributed by atoms with Gasteiger partial charge in [-0.2, -0.15) is 0 Å². The highest BCUT2D eigenvalue weighted by molar-refractivity contribution is 7.90. The second-order valence-corrected chi connectivity index (χ2v) is 11.8. The van der Waals surface area contributed by atoms with Crippen LogP contribution in [0, 0.1) is 10.1 Å². The molecule has 5 aromatic rings. The van der Waals surface area contributed by atoms with Crippen LogP contribution in [-0.4, -0.2) is 30.1 Å². The van der Waals surface area contributed by atoms with Crippen LogP contribution in [-0.2, 0) is 16.4 Å². The number of nitro groups is 1. The van der Waals surface area contributed by atoms with Crippen molar-refractivity contribution < 1.29 is 18.1 Å². The van der Waals surface area contributed by atoms with Gasteiger partial charge in [0.1, 0.15) is 0 Å². The van der Waals surface area contributed by atoms with Crippen LogP contribution in [0.15, 0.2) is 108 Å². The normalized spacial score (nSPS) is 12.2. The van der Waals surface area contributed by atoms with Gasteiger partial charge < -0.3 is 9.88 Å². The number of benzene rings is 4. The third kappa shape index (κ3) is 5.79. The van der Waals surface area contributed by atoms with Crippen molar-refractivity contribution in [3.05, 3.63) is 130 Å². The molecule has 0 aliphatic carbocycles. The number of fused-ring (bicyclic) bond motifs is 1. The van der Waals surface area contributed by atoms with Crippen LogP contribution in [0.25, 0.3) is 22.0 Å². The fourth-order valence-corrected chi connectivity index (χ4v) is 5.30. The lowest BCUT2D eigenvalue weighted by molar-refractivity contribution is -0.384. The van der Waals surface area contributed by atoms with Gasteiger partial charge in [-0.15, -0.1) is 0 Å². The second kappa shape index (κ2) is 10.8. The van der Waals surface area contributed by atoms with E-state index in [2.05, 4.69) is 9.88 Å². The number of carbonyl (C=O) groups is 1. The van der Waals surface area contributed by atoms with Gasteiger partial charge in [-0.3, -0.25) is 14.9 Å². The van der Waals surface area contributed by atoms with Crippen molar-refractivity contribution in [2.24, 2.45) is 0 Å². The number of rotatable bonds is 8. The Morgan fingerprint density at radius 1 is 0.925 bits per heavy atom. The molecule has 5 rings (SSSR count). The maximum atomic E-state index is 12.9. The summed E-state index contributed by atoms with van der Waals surface area (Å²) < 4.78 is 25.9. The molecule has 0 bridgehead atoms. The monoisotopic (exact) mass is 553 g/mol. The number of non-ortho nitro benzene ring substituents is 1. The zero-order valence-corrected chi connectivity index (χ0v) is 22.8. The van der Waals surface area contributed by atoms with Gasteiger partial charge in [0.05, 0.1) is 15.9 Å². The Balaban J connectivity index is 1.28. The van der Waals surface area contributed by atoms with Crippen LogP contribution in [0.1, 0.15) is 34.5 Å². The van der Waals surface area contributed by atoms with E-state index in [0.717, 1.165) is 33.2 Å². The average Bonchev–Trinajstić information content (AvgIpc) is 3.35. The van der Waals surface area contributed by atoms with E-state index in [1.807, 2.05) is 61.7 Å². The Kier molecular flexibility index (Phi) is 7.23. The van der Waals surface area contributed by atoms with Gasteiger partial charge in [0.2, 0.25) is 0 Å². The maximum absolute atomic E-state index is 12.9. The van der Waals surface area contributed by atoms with Crippen molar-refractivity contribution in [1.82, 2.24) is 9.88 Å². The lowest BCUT2D eigenvalue weighted by Crippen LogP contribution is -2.26. The molecule has 9 heteroatoms. The summed E-state index contributed by atoms with van der Waals surface area (Å²) >= 11 is 0. The molecule has 0 radical (unpaired) electrons. The molecule has 0 aliphatic heterocycles. The van der Waals surface area contributed by atoms with Gasteiger partial charge in [0.15, 0.2) is 9.84 Å². The number of hydrogen-bond acceptors (Lipinski definition) is 5. The quantitative estimate of drug-likeness (QED) is 0.183. The Morgan fingerprint density at radius 2 is 1.65 bits per heavy atom. The molecule has 1 heterocycles. The van der Waals surface area contributed by atoms with E-state index < -0.39 is 14.8 Å². The SMILES string of the molecule is CC(NC(=O)c1ccc2c(ccn2Cc2ccc(-c3cccc(S(C)(=O)=O)c3)cc2)c1)c1ccc([N+](=O)[O-])cc1. The van der Waals surface area contributed by atoms with Crippen molar-refractivity contribution in [3.63, 3.8) is 0 Å². The standard InChI is InChI=1S/C31H27N3O5S/c1-21(23-10-13-28(14-11-23)34(36)37)32-31(35)27-12-15-30-26(18-27)16-17-33(30)20-22-6-8-24(9-7-22)25-4-3-5-29(19-25)40(2,38)39/h3-19,21H,20H2,1-2H3,(H,32,35). The first kappa shape index (κ1) is 26.8. The first-order chi connectivity index (χ1) is 19.1. The highest BCUT2D eigenvalue weighted by Crippen LogP contribution is 2.25. The van der Waals surface area contributed by atoms with Crippen LogP contribution in [0.5, 0.6) is 0 Å². The lowest BCUT2D eigenvalue weighted by atomic mass is 10.0. The number of aromatic nitrogens is 1. The fraction of sp³-hybridized carbons (Fsp3) is 0.129. The zero-order chi connectivity index (χ0) is 28.4. The van der Waals surface area contributed by atoms with E-state index in [9.17, 15) is 23.3 Å². The van der Waals surface area contributed by atoms with Crippen LogP contribution in [0.4, 0.5) is 5.69 Å². The first-order valence-electron chi connectivity index (χ1n) is 12.6. The maximum Gasteiger partial charge on any atom is 0.269 e. The highest BCUT2D eigenvalue weighted by atomic mass is 32.2. The molecule has 0 aliphatic rings. The molecule has 0 fully saturated rings. The third-order valence-corrected chi connectivity index (χ3v) is 8.00. The number of amides is 1. The summed E-state index contributed by atoms with van der Waals surface area (Å²) in [4.78, 5) is 23.6. The predicted octanol–water partition coefficient (Wildman–Crippen LogP) is 6.16. The minimum absolute atomic E-state index is 0.00701. The van der Waals surface area contributed by atoms with E-state index in [0.29, 0.717) is 17.0 Å². The Morgan fingerprint density at radius 3 is 2.33 bits per heavy atom. The van der Waals surface area contributed by atoms with Crippen molar-refractivity contribution in [2.45, 2.75) is 24.4 Å². The first-order valence-corrected chi connectivity index (χ1v) is 14.5. The van der Waals surface area contributed by atoms with Gasteiger partial charge in [-0.25, -0.2) is 8.42 Å². The molecule has 8 nitrogen and oxygen atoms in total. The summed E-state index contributed by atoms with van der Waals surface area (Å²) in [5, 5.41) is 14.8. The summed E-state index contributed by atoms with van der Waals surface area (Å²) in [5.74, 6) is -0.226. The molecule has 1 N–H and O–H groups in total. The molecule has 1 atom stereocenters.